The number of fused-ring (bicyclic) bond motifs is 1. The molecule has 1 unspecified atom stereocenters. The quantitative estimate of drug-likeness (QED) is 0.248. The Labute approximate surface area is 236 Å². The molecule has 5 rings (SSSR count). The Morgan fingerprint density at radius 1 is 1.10 bits per heavy atom. The standard InChI is InChI=1S/C31H28N8O2/c1-5-17-33-29-27(28(32)36-38(29)4)30(40)34-20(2)25-19-22-11-9-10-21(14-15-23-16-18-37(3)35-23)26(22)31(41)39(25)24-12-7-6-8-13-24/h5-13,16-20H,1H2,2-4H3,(H2,32,36)(H,34,40)/b33-17-. The van der Waals surface area contributed by atoms with Gasteiger partial charge in [0.2, 0.25) is 0 Å². The first-order valence-corrected chi connectivity index (χ1v) is 12.8. The number of allylic oxidation sites excluding steroid dienone is 1. The van der Waals surface area contributed by atoms with Crippen LogP contribution in [0.15, 0.2) is 89.3 Å². The number of aromatic nitrogens is 5. The van der Waals surface area contributed by atoms with Crippen molar-refractivity contribution in [3.63, 3.8) is 0 Å². The van der Waals surface area contributed by atoms with Crippen molar-refractivity contribution in [1.29, 1.82) is 0 Å². The molecule has 0 bridgehead atoms. The predicted molar refractivity (Wildman–Crippen MR) is 161 cm³/mol. The highest BCUT2D eigenvalue weighted by Crippen LogP contribution is 2.27. The van der Waals surface area contributed by atoms with Crippen molar-refractivity contribution in [1.82, 2.24) is 29.4 Å². The third-order valence-electron chi connectivity index (χ3n) is 6.49. The molecule has 3 heterocycles. The van der Waals surface area contributed by atoms with E-state index < -0.39 is 11.9 Å². The van der Waals surface area contributed by atoms with Gasteiger partial charge in [0.25, 0.3) is 11.5 Å². The highest BCUT2D eigenvalue weighted by molar-refractivity contribution is 6.03. The molecule has 0 aliphatic heterocycles. The monoisotopic (exact) mass is 544 g/mol. The highest BCUT2D eigenvalue weighted by Gasteiger charge is 2.24. The maximum atomic E-state index is 14.2. The van der Waals surface area contributed by atoms with Crippen molar-refractivity contribution in [2.45, 2.75) is 13.0 Å². The van der Waals surface area contributed by atoms with Crippen LogP contribution in [0.1, 0.15) is 40.3 Å². The zero-order chi connectivity index (χ0) is 29.1. The van der Waals surface area contributed by atoms with Crippen LogP contribution in [0.2, 0.25) is 0 Å². The molecule has 0 aliphatic carbocycles. The van der Waals surface area contributed by atoms with Crippen LogP contribution in [0.4, 0.5) is 11.6 Å². The van der Waals surface area contributed by atoms with Gasteiger partial charge in [0.05, 0.1) is 11.4 Å². The molecule has 5 aromatic rings. The molecule has 1 amide bonds. The zero-order valence-corrected chi connectivity index (χ0v) is 22.9. The van der Waals surface area contributed by atoms with Crippen LogP contribution in [-0.2, 0) is 14.1 Å². The molecule has 0 spiro atoms. The van der Waals surface area contributed by atoms with E-state index in [1.165, 1.54) is 17.0 Å². The van der Waals surface area contributed by atoms with E-state index in [1.54, 1.807) is 16.3 Å². The smallest absolute Gasteiger partial charge is 0.264 e. The number of nitrogens with one attached hydrogen (secondary N) is 1. The summed E-state index contributed by atoms with van der Waals surface area (Å²) in [6.45, 7) is 5.43. The van der Waals surface area contributed by atoms with Crippen LogP contribution in [0.5, 0.6) is 0 Å². The first-order valence-electron chi connectivity index (χ1n) is 12.8. The van der Waals surface area contributed by atoms with E-state index in [1.807, 2.05) is 80.8 Å². The maximum Gasteiger partial charge on any atom is 0.264 e. The van der Waals surface area contributed by atoms with Gasteiger partial charge in [-0.1, -0.05) is 48.9 Å². The molecular weight excluding hydrogens is 516 g/mol. The van der Waals surface area contributed by atoms with E-state index in [0.717, 1.165) is 0 Å². The van der Waals surface area contributed by atoms with Crippen LogP contribution in [-0.4, -0.2) is 36.2 Å². The van der Waals surface area contributed by atoms with Crippen molar-refractivity contribution in [3.05, 3.63) is 112 Å². The molecule has 0 radical (unpaired) electrons. The predicted octanol–water partition coefficient (Wildman–Crippen LogP) is 3.82. The number of amides is 1. The number of para-hydroxylation sites is 1. The Kier molecular flexibility index (Phi) is 7.35. The number of aliphatic imine (C=N–C) groups is 1. The molecule has 204 valence electrons. The second kappa shape index (κ2) is 11.2. The van der Waals surface area contributed by atoms with E-state index in [9.17, 15) is 9.59 Å². The van der Waals surface area contributed by atoms with Crippen molar-refractivity contribution in [3.8, 4) is 17.5 Å². The fraction of sp³-hybridized carbons (Fsp3) is 0.129. The average molecular weight is 545 g/mol. The Hall–Kier alpha value is -5.69. The van der Waals surface area contributed by atoms with Crippen LogP contribution in [0, 0.1) is 11.8 Å². The van der Waals surface area contributed by atoms with Crippen molar-refractivity contribution in [2.75, 3.05) is 5.73 Å². The van der Waals surface area contributed by atoms with Crippen molar-refractivity contribution < 1.29 is 4.79 Å². The Morgan fingerprint density at radius 3 is 2.59 bits per heavy atom. The number of nitrogens with two attached hydrogens (primary N) is 1. The Bertz CT molecular complexity index is 1930. The molecule has 1 atom stereocenters. The van der Waals surface area contributed by atoms with Gasteiger partial charge in [-0.2, -0.15) is 10.2 Å². The van der Waals surface area contributed by atoms with Gasteiger partial charge in [0.1, 0.15) is 11.3 Å². The van der Waals surface area contributed by atoms with Gasteiger partial charge < -0.3 is 11.1 Å². The van der Waals surface area contributed by atoms with Gasteiger partial charge in [-0.3, -0.25) is 18.8 Å². The molecular formula is C31H28N8O2. The number of pyridine rings is 1. The minimum Gasteiger partial charge on any atom is -0.381 e. The lowest BCUT2D eigenvalue weighted by Crippen LogP contribution is -2.32. The van der Waals surface area contributed by atoms with Crippen LogP contribution < -0.4 is 16.6 Å². The molecule has 0 saturated carbocycles. The molecule has 41 heavy (non-hydrogen) atoms. The zero-order valence-electron chi connectivity index (χ0n) is 22.9. The first kappa shape index (κ1) is 26.9. The third kappa shape index (κ3) is 5.29. The first-order chi connectivity index (χ1) is 19.8. The minimum absolute atomic E-state index is 0.0449. The number of nitrogens with zero attached hydrogens (tertiary/aromatic N) is 6. The second-order valence-corrected chi connectivity index (χ2v) is 9.36. The Morgan fingerprint density at radius 2 is 1.88 bits per heavy atom. The summed E-state index contributed by atoms with van der Waals surface area (Å²) in [5.41, 5.74) is 8.37. The molecule has 0 saturated heterocycles. The number of rotatable bonds is 6. The van der Waals surface area contributed by atoms with Gasteiger partial charge >= 0.3 is 0 Å². The number of anilines is 1. The van der Waals surface area contributed by atoms with Crippen molar-refractivity contribution >= 4 is 34.5 Å². The van der Waals surface area contributed by atoms with Crippen LogP contribution in [0.25, 0.3) is 16.5 Å². The number of carbonyl (C=O) groups excluding carboxylic acids is 1. The lowest BCUT2D eigenvalue weighted by atomic mass is 10.0. The molecule has 0 aliphatic rings. The molecule has 2 aromatic carbocycles. The average Bonchev–Trinajstić information content (AvgIpc) is 3.51. The van der Waals surface area contributed by atoms with Gasteiger partial charge in [-0.25, -0.2) is 9.67 Å². The molecule has 3 N–H and O–H groups in total. The summed E-state index contributed by atoms with van der Waals surface area (Å²) in [4.78, 5) is 31.9. The number of benzene rings is 2. The lowest BCUT2D eigenvalue weighted by molar-refractivity contribution is 0.0940. The summed E-state index contributed by atoms with van der Waals surface area (Å²) in [5, 5.41) is 12.6. The van der Waals surface area contributed by atoms with Crippen LogP contribution >= 0.6 is 0 Å². The summed E-state index contributed by atoms with van der Waals surface area (Å²) in [6.07, 6.45) is 4.77. The number of nitrogen functional groups attached to an aromatic ring is 1. The summed E-state index contributed by atoms with van der Waals surface area (Å²) < 4.78 is 4.70. The van der Waals surface area contributed by atoms with Gasteiger partial charge in [-0.15, -0.1) is 0 Å². The van der Waals surface area contributed by atoms with E-state index >= 15 is 0 Å². The van der Waals surface area contributed by atoms with E-state index in [0.29, 0.717) is 39.2 Å². The molecule has 0 fully saturated rings. The number of aryl methyl sites for hydroxylation is 2. The number of carbonyl (C=O) groups is 1. The minimum atomic E-state index is -0.598. The summed E-state index contributed by atoms with van der Waals surface area (Å²) in [5.74, 6) is 6.03. The number of hydrogen-bond donors (Lipinski definition) is 2. The number of hydrogen-bond acceptors (Lipinski definition) is 6. The van der Waals surface area contributed by atoms with Crippen LogP contribution in [0.3, 0.4) is 0 Å². The van der Waals surface area contributed by atoms with Gasteiger partial charge in [0.15, 0.2) is 11.6 Å². The molecule has 3 aromatic heterocycles. The largest absolute Gasteiger partial charge is 0.381 e. The van der Waals surface area contributed by atoms with Gasteiger partial charge in [-0.05, 0) is 48.6 Å². The lowest BCUT2D eigenvalue weighted by Gasteiger charge is -2.21. The maximum absolute atomic E-state index is 14.2. The topological polar surface area (TPSA) is 125 Å². The SMILES string of the molecule is C=C/C=N\c1c(C(=O)NC(C)c2cc3cccc(C#Cc4ccn(C)n4)c3c(=O)n2-c2ccccc2)c(N)nn1C. The van der Waals surface area contributed by atoms with Gasteiger partial charge in [0, 0.05) is 43.5 Å². The van der Waals surface area contributed by atoms with E-state index in [2.05, 4.69) is 38.9 Å². The Balaban J connectivity index is 1.63. The van der Waals surface area contributed by atoms with E-state index in [-0.39, 0.29) is 16.9 Å². The van der Waals surface area contributed by atoms with E-state index in [4.69, 9.17) is 5.73 Å². The fourth-order valence-electron chi connectivity index (χ4n) is 4.63. The third-order valence-corrected chi connectivity index (χ3v) is 6.49. The summed E-state index contributed by atoms with van der Waals surface area (Å²) in [6, 6.07) is 17.9. The summed E-state index contributed by atoms with van der Waals surface area (Å²) in [7, 11) is 3.47. The molecule has 10 heteroatoms. The fourth-order valence-corrected chi connectivity index (χ4v) is 4.63. The second-order valence-electron chi connectivity index (χ2n) is 9.36. The molecule has 10 nitrogen and oxygen atoms in total. The highest BCUT2D eigenvalue weighted by atomic mass is 16.2. The summed E-state index contributed by atoms with van der Waals surface area (Å²) >= 11 is 0. The normalized spacial score (nSPS) is 11.8. The van der Waals surface area contributed by atoms with Crippen molar-refractivity contribution in [2.24, 2.45) is 19.1 Å².